The first-order chi connectivity index (χ1) is 14.2. The summed E-state index contributed by atoms with van der Waals surface area (Å²) in [4.78, 5) is 18.1. The minimum Gasteiger partial charge on any atom is -0.431 e. The fourth-order valence-electron chi connectivity index (χ4n) is 3.46. The number of nitrogens with one attached hydrogen (secondary N) is 1. The summed E-state index contributed by atoms with van der Waals surface area (Å²) < 4.78 is 7.08. The van der Waals surface area contributed by atoms with E-state index in [2.05, 4.69) is 33.4 Å². The number of ether oxygens (including phenoxy) is 1. The Morgan fingerprint density at radius 2 is 1.97 bits per heavy atom. The lowest BCUT2D eigenvalue weighted by atomic mass is 10.1. The first-order valence-corrected chi connectivity index (χ1v) is 11.1. The van der Waals surface area contributed by atoms with E-state index in [0.717, 1.165) is 54.5 Å². The summed E-state index contributed by atoms with van der Waals surface area (Å²) in [5, 5.41) is 3.56. The molecule has 3 aromatic rings. The SMILES string of the molecule is CC(=O)NCCCN(CCc1ccc(Oc2nc3ccccc3s2)cc1)C1CC1. The van der Waals surface area contributed by atoms with Gasteiger partial charge in [0.25, 0.3) is 5.19 Å². The second-order valence-corrected chi connectivity index (χ2v) is 8.54. The molecular weight excluding hydrogens is 382 g/mol. The van der Waals surface area contributed by atoms with Gasteiger partial charge in [0.05, 0.1) is 10.2 Å². The van der Waals surface area contributed by atoms with E-state index in [1.165, 1.54) is 18.4 Å². The predicted octanol–water partition coefficient (Wildman–Crippen LogP) is 4.62. The number of rotatable bonds is 10. The van der Waals surface area contributed by atoms with Gasteiger partial charge in [0, 0.05) is 32.6 Å². The minimum atomic E-state index is 0.0520. The van der Waals surface area contributed by atoms with Crippen LogP contribution in [0.1, 0.15) is 31.7 Å². The summed E-state index contributed by atoms with van der Waals surface area (Å²) >= 11 is 1.57. The molecule has 0 aliphatic heterocycles. The Morgan fingerprint density at radius 3 is 2.69 bits per heavy atom. The van der Waals surface area contributed by atoms with E-state index in [-0.39, 0.29) is 5.91 Å². The minimum absolute atomic E-state index is 0.0520. The molecule has 0 atom stereocenters. The molecule has 5 nitrogen and oxygen atoms in total. The molecule has 0 radical (unpaired) electrons. The van der Waals surface area contributed by atoms with E-state index in [4.69, 9.17) is 4.74 Å². The van der Waals surface area contributed by atoms with E-state index in [9.17, 15) is 4.79 Å². The lowest BCUT2D eigenvalue weighted by Crippen LogP contribution is -2.32. The first kappa shape index (κ1) is 19.9. The number of carbonyl (C=O) groups is 1. The Labute approximate surface area is 175 Å². The van der Waals surface area contributed by atoms with Crippen molar-refractivity contribution in [2.45, 2.75) is 38.6 Å². The van der Waals surface area contributed by atoms with Crippen LogP contribution in [0.25, 0.3) is 10.2 Å². The molecule has 1 heterocycles. The molecule has 152 valence electrons. The van der Waals surface area contributed by atoms with Crippen molar-refractivity contribution >= 4 is 27.5 Å². The number of amides is 1. The number of fused-ring (bicyclic) bond motifs is 1. The first-order valence-electron chi connectivity index (χ1n) is 10.3. The van der Waals surface area contributed by atoms with Crippen molar-refractivity contribution in [3.63, 3.8) is 0 Å². The Hall–Kier alpha value is -2.44. The van der Waals surface area contributed by atoms with Crippen LogP contribution in [0.3, 0.4) is 0 Å². The van der Waals surface area contributed by atoms with Crippen LogP contribution < -0.4 is 10.1 Å². The van der Waals surface area contributed by atoms with Crippen LogP contribution in [0, 0.1) is 0 Å². The second-order valence-electron chi connectivity index (χ2n) is 7.55. The Bertz CT molecular complexity index is 917. The van der Waals surface area contributed by atoms with Crippen LogP contribution in [-0.4, -0.2) is 41.5 Å². The quantitative estimate of drug-likeness (QED) is 0.497. The maximum atomic E-state index is 11.0. The highest BCUT2D eigenvalue weighted by Crippen LogP contribution is 2.31. The largest absolute Gasteiger partial charge is 0.431 e. The zero-order valence-electron chi connectivity index (χ0n) is 16.8. The van der Waals surface area contributed by atoms with Gasteiger partial charge in [0.1, 0.15) is 5.75 Å². The highest BCUT2D eigenvalue weighted by Gasteiger charge is 2.28. The molecule has 1 N–H and O–H groups in total. The van der Waals surface area contributed by atoms with Crippen molar-refractivity contribution in [2.75, 3.05) is 19.6 Å². The summed E-state index contributed by atoms with van der Waals surface area (Å²) in [6, 6.07) is 17.1. The molecular formula is C23H27N3O2S. The number of thiazole rings is 1. The summed E-state index contributed by atoms with van der Waals surface area (Å²) in [6.45, 7) is 4.44. The molecule has 1 aliphatic rings. The van der Waals surface area contributed by atoms with E-state index in [1.54, 1.807) is 18.3 Å². The van der Waals surface area contributed by atoms with Crippen molar-refractivity contribution in [2.24, 2.45) is 0 Å². The average Bonchev–Trinajstić information content (AvgIpc) is 3.47. The molecule has 29 heavy (non-hydrogen) atoms. The predicted molar refractivity (Wildman–Crippen MR) is 118 cm³/mol. The highest BCUT2D eigenvalue weighted by atomic mass is 32.1. The van der Waals surface area contributed by atoms with E-state index in [0.29, 0.717) is 5.19 Å². The number of hydrogen-bond donors (Lipinski definition) is 1. The third-order valence-electron chi connectivity index (χ3n) is 5.15. The van der Waals surface area contributed by atoms with Gasteiger partial charge in [-0.1, -0.05) is 35.6 Å². The topological polar surface area (TPSA) is 54.5 Å². The molecule has 0 saturated heterocycles. The summed E-state index contributed by atoms with van der Waals surface area (Å²) in [5.74, 6) is 0.873. The van der Waals surface area contributed by atoms with Crippen LogP contribution in [0.4, 0.5) is 0 Å². The van der Waals surface area contributed by atoms with Crippen molar-refractivity contribution < 1.29 is 9.53 Å². The van der Waals surface area contributed by atoms with Crippen LogP contribution in [0.5, 0.6) is 10.9 Å². The van der Waals surface area contributed by atoms with Crippen LogP contribution in [0.2, 0.25) is 0 Å². The van der Waals surface area contributed by atoms with Gasteiger partial charge in [-0.05, 0) is 55.5 Å². The molecule has 1 aromatic heterocycles. The number of benzene rings is 2. The fraction of sp³-hybridized carbons (Fsp3) is 0.391. The standard InChI is InChI=1S/C23H27N3O2S/c1-17(27)24-14-4-15-26(19-9-10-19)16-13-18-7-11-20(12-8-18)28-23-25-21-5-2-3-6-22(21)29-23/h2-3,5-8,11-12,19H,4,9-10,13-16H2,1H3,(H,24,27). The molecule has 2 aromatic carbocycles. The summed E-state index contributed by atoms with van der Waals surface area (Å²) in [5.41, 5.74) is 2.29. The van der Waals surface area contributed by atoms with Gasteiger partial charge < -0.3 is 10.1 Å². The smallest absolute Gasteiger partial charge is 0.279 e. The average molecular weight is 410 g/mol. The van der Waals surface area contributed by atoms with Gasteiger partial charge >= 0.3 is 0 Å². The highest BCUT2D eigenvalue weighted by molar-refractivity contribution is 7.20. The lowest BCUT2D eigenvalue weighted by molar-refractivity contribution is -0.118. The fourth-order valence-corrected chi connectivity index (χ4v) is 4.29. The molecule has 0 spiro atoms. The summed E-state index contributed by atoms with van der Waals surface area (Å²) in [6.07, 6.45) is 4.63. The Kier molecular flexibility index (Phi) is 6.42. The Morgan fingerprint density at radius 1 is 1.17 bits per heavy atom. The Balaban J connectivity index is 1.27. The molecule has 1 fully saturated rings. The maximum Gasteiger partial charge on any atom is 0.279 e. The molecule has 0 unspecified atom stereocenters. The van der Waals surface area contributed by atoms with Gasteiger partial charge in [0.15, 0.2) is 0 Å². The van der Waals surface area contributed by atoms with Crippen molar-refractivity contribution in [3.8, 4) is 10.9 Å². The van der Waals surface area contributed by atoms with Crippen molar-refractivity contribution in [1.82, 2.24) is 15.2 Å². The second kappa shape index (κ2) is 9.37. The third-order valence-corrected chi connectivity index (χ3v) is 6.06. The molecule has 1 amide bonds. The molecule has 1 saturated carbocycles. The number of aromatic nitrogens is 1. The zero-order valence-corrected chi connectivity index (χ0v) is 17.6. The number of carbonyl (C=O) groups excluding carboxylic acids is 1. The molecule has 4 rings (SSSR count). The van der Waals surface area contributed by atoms with Gasteiger partial charge in [0.2, 0.25) is 5.91 Å². The maximum absolute atomic E-state index is 11.0. The number of para-hydroxylation sites is 1. The van der Waals surface area contributed by atoms with Crippen molar-refractivity contribution in [1.29, 1.82) is 0 Å². The van der Waals surface area contributed by atoms with E-state index < -0.39 is 0 Å². The van der Waals surface area contributed by atoms with Crippen LogP contribution >= 0.6 is 11.3 Å². The van der Waals surface area contributed by atoms with Gasteiger partial charge in [-0.15, -0.1) is 0 Å². The van der Waals surface area contributed by atoms with Crippen LogP contribution in [-0.2, 0) is 11.2 Å². The van der Waals surface area contributed by atoms with Gasteiger partial charge in [-0.3, -0.25) is 9.69 Å². The number of nitrogens with zero attached hydrogens (tertiary/aromatic N) is 2. The monoisotopic (exact) mass is 409 g/mol. The van der Waals surface area contributed by atoms with Gasteiger partial charge in [-0.2, -0.15) is 0 Å². The third kappa shape index (κ3) is 5.78. The van der Waals surface area contributed by atoms with E-state index >= 15 is 0 Å². The molecule has 6 heteroatoms. The van der Waals surface area contributed by atoms with Crippen LogP contribution in [0.15, 0.2) is 48.5 Å². The van der Waals surface area contributed by atoms with E-state index in [1.807, 2.05) is 30.3 Å². The van der Waals surface area contributed by atoms with Crippen molar-refractivity contribution in [3.05, 3.63) is 54.1 Å². The van der Waals surface area contributed by atoms with Gasteiger partial charge in [-0.25, -0.2) is 4.98 Å². The normalized spacial score (nSPS) is 13.7. The summed E-state index contributed by atoms with van der Waals surface area (Å²) in [7, 11) is 0. The molecule has 0 bridgehead atoms. The lowest BCUT2D eigenvalue weighted by Gasteiger charge is -2.22. The number of hydrogen-bond acceptors (Lipinski definition) is 5. The zero-order chi connectivity index (χ0) is 20.1. The molecule has 1 aliphatic carbocycles.